The molecule has 25 heavy (non-hydrogen) atoms. The van der Waals surface area contributed by atoms with Crippen LogP contribution in [0.25, 0.3) is 0 Å². The predicted molar refractivity (Wildman–Crippen MR) is 92.5 cm³/mol. The molecule has 142 valence electrons. The van der Waals surface area contributed by atoms with Gasteiger partial charge in [0.2, 0.25) is 0 Å². The lowest BCUT2D eigenvalue weighted by molar-refractivity contribution is -0.130. The summed E-state index contributed by atoms with van der Waals surface area (Å²) >= 11 is 0. The van der Waals surface area contributed by atoms with Crippen LogP contribution in [0.2, 0.25) is 0 Å². The Morgan fingerprint density at radius 1 is 1.12 bits per heavy atom. The van der Waals surface area contributed by atoms with Crippen LogP contribution in [0.3, 0.4) is 0 Å². The summed E-state index contributed by atoms with van der Waals surface area (Å²) in [5.74, 6) is 0.857. The second-order valence-corrected chi connectivity index (χ2v) is 7.24. The van der Waals surface area contributed by atoms with Gasteiger partial charge in [-0.15, -0.1) is 0 Å². The molecule has 0 aromatic heterocycles. The van der Waals surface area contributed by atoms with Gasteiger partial charge in [0.1, 0.15) is 0 Å². The maximum atomic E-state index is 12.1. The number of hydrogen-bond donors (Lipinski definition) is 3. The number of hydrogen-bond acceptors (Lipinski definition) is 4. The van der Waals surface area contributed by atoms with Gasteiger partial charge in [0.15, 0.2) is 0 Å². The number of carbonyl (C=O) groups is 3. The molecular formula is C17H30N4O4. The van der Waals surface area contributed by atoms with Gasteiger partial charge in [-0.25, -0.2) is 9.59 Å². The van der Waals surface area contributed by atoms with Crippen LogP contribution in [0.5, 0.6) is 0 Å². The number of urea groups is 1. The zero-order valence-electron chi connectivity index (χ0n) is 15.2. The monoisotopic (exact) mass is 354 g/mol. The van der Waals surface area contributed by atoms with Gasteiger partial charge in [-0.3, -0.25) is 4.79 Å². The first-order chi connectivity index (χ1) is 12.0. The number of fused-ring (bicyclic) bond motifs is 1. The third-order valence-corrected chi connectivity index (χ3v) is 4.86. The van der Waals surface area contributed by atoms with Crippen LogP contribution < -0.4 is 16.1 Å². The zero-order chi connectivity index (χ0) is 18.2. The van der Waals surface area contributed by atoms with E-state index >= 15 is 0 Å². The number of hydroxylamine groups is 1. The molecule has 1 heterocycles. The fourth-order valence-electron chi connectivity index (χ4n) is 3.59. The number of amides is 4. The van der Waals surface area contributed by atoms with Crippen molar-refractivity contribution in [3.8, 4) is 0 Å². The highest BCUT2D eigenvalue weighted by Gasteiger charge is 2.33. The van der Waals surface area contributed by atoms with Crippen LogP contribution in [0.1, 0.15) is 52.4 Å². The molecule has 0 aromatic carbocycles. The topological polar surface area (TPSA) is 99.8 Å². The van der Waals surface area contributed by atoms with Crippen LogP contribution in [-0.4, -0.2) is 48.6 Å². The van der Waals surface area contributed by atoms with Crippen molar-refractivity contribution in [1.29, 1.82) is 0 Å². The Morgan fingerprint density at radius 2 is 1.84 bits per heavy atom. The molecule has 4 amide bonds. The minimum absolute atomic E-state index is 0.0306. The molecule has 2 atom stereocenters. The van der Waals surface area contributed by atoms with E-state index in [-0.39, 0.29) is 25.0 Å². The smallest absolute Gasteiger partial charge is 0.338 e. The number of likely N-dealkylation sites (tertiary alicyclic amines) is 1. The number of carbonyl (C=O) groups excluding carboxylic acids is 3. The Bertz CT molecular complexity index is 483. The van der Waals surface area contributed by atoms with Crippen molar-refractivity contribution in [3.05, 3.63) is 0 Å². The number of nitrogens with zero attached hydrogens (tertiary/aromatic N) is 1. The van der Waals surface area contributed by atoms with Crippen molar-refractivity contribution < 1.29 is 19.2 Å². The first-order valence-electron chi connectivity index (χ1n) is 9.24. The summed E-state index contributed by atoms with van der Waals surface area (Å²) in [6.45, 7) is 5.28. The second kappa shape index (κ2) is 9.48. The van der Waals surface area contributed by atoms with E-state index in [9.17, 15) is 14.4 Å². The van der Waals surface area contributed by atoms with Crippen LogP contribution >= 0.6 is 0 Å². The third-order valence-electron chi connectivity index (χ3n) is 4.86. The van der Waals surface area contributed by atoms with Crippen LogP contribution in [0.4, 0.5) is 9.59 Å². The van der Waals surface area contributed by atoms with Crippen molar-refractivity contribution in [1.82, 2.24) is 21.0 Å². The molecular weight excluding hydrogens is 324 g/mol. The lowest BCUT2D eigenvalue weighted by Crippen LogP contribution is -2.47. The molecule has 1 aliphatic carbocycles. The summed E-state index contributed by atoms with van der Waals surface area (Å²) in [6, 6.07) is -0.293. The number of nitrogens with one attached hydrogen (secondary N) is 3. The van der Waals surface area contributed by atoms with Crippen molar-refractivity contribution >= 4 is 18.0 Å². The van der Waals surface area contributed by atoms with Gasteiger partial charge in [-0.1, -0.05) is 19.3 Å². The first-order valence-corrected chi connectivity index (χ1v) is 9.24. The van der Waals surface area contributed by atoms with Crippen molar-refractivity contribution in [3.63, 3.8) is 0 Å². The van der Waals surface area contributed by atoms with E-state index < -0.39 is 12.0 Å². The van der Waals surface area contributed by atoms with E-state index in [0.29, 0.717) is 12.5 Å². The summed E-state index contributed by atoms with van der Waals surface area (Å²) < 4.78 is 0. The Balaban J connectivity index is 1.61. The number of rotatable bonds is 4. The highest BCUT2D eigenvalue weighted by molar-refractivity contribution is 5.79. The first kappa shape index (κ1) is 19.3. The fourth-order valence-corrected chi connectivity index (χ4v) is 3.59. The van der Waals surface area contributed by atoms with Gasteiger partial charge in [0.05, 0.1) is 0 Å². The molecule has 3 N–H and O–H groups in total. The maximum Gasteiger partial charge on any atom is 0.434 e. The molecule has 2 unspecified atom stereocenters. The number of piperidine rings is 1. The van der Waals surface area contributed by atoms with Gasteiger partial charge in [-0.05, 0) is 38.5 Å². The fraction of sp³-hybridized carbons (Fsp3) is 0.824. The average Bonchev–Trinajstić information content (AvgIpc) is 2.58. The minimum atomic E-state index is -0.497. The third kappa shape index (κ3) is 6.43. The van der Waals surface area contributed by atoms with E-state index in [1.54, 1.807) is 4.90 Å². The van der Waals surface area contributed by atoms with Crippen LogP contribution in [0.15, 0.2) is 0 Å². The van der Waals surface area contributed by atoms with Crippen molar-refractivity contribution in [2.45, 2.75) is 58.4 Å². The molecule has 0 aromatic rings. The highest BCUT2D eigenvalue weighted by Crippen LogP contribution is 2.36. The average molecular weight is 354 g/mol. The lowest BCUT2D eigenvalue weighted by Gasteiger charge is -2.40. The van der Waals surface area contributed by atoms with Gasteiger partial charge in [-0.2, -0.15) is 5.48 Å². The summed E-state index contributed by atoms with van der Waals surface area (Å²) in [7, 11) is 0. The summed E-state index contributed by atoms with van der Waals surface area (Å²) in [4.78, 5) is 41.7. The highest BCUT2D eigenvalue weighted by atomic mass is 16.7. The standard InChI is InChI=1S/C17H30N4O4/c1-12(2)19-16(23)18-9-7-15(22)20-25-17(24)21-10-8-13-5-3-4-6-14(13)11-21/h12-14H,3-11H2,1-2H3,(H,20,22)(H2,18,19,23). The molecule has 2 rings (SSSR count). The van der Waals surface area contributed by atoms with Gasteiger partial charge in [0, 0.05) is 32.1 Å². The summed E-state index contributed by atoms with van der Waals surface area (Å²) in [5, 5.41) is 5.22. The van der Waals surface area contributed by atoms with Crippen LogP contribution in [-0.2, 0) is 9.63 Å². The molecule has 0 radical (unpaired) electrons. The molecule has 8 nitrogen and oxygen atoms in total. The van der Waals surface area contributed by atoms with Gasteiger partial charge >= 0.3 is 12.1 Å². The lowest BCUT2D eigenvalue weighted by atomic mass is 9.75. The molecule has 8 heteroatoms. The SMILES string of the molecule is CC(C)NC(=O)NCCC(=O)NOC(=O)N1CCC2CCCCC2C1. The van der Waals surface area contributed by atoms with Crippen molar-refractivity contribution in [2.75, 3.05) is 19.6 Å². The molecule has 0 bridgehead atoms. The predicted octanol–water partition coefficient (Wildman–Crippen LogP) is 1.76. The Hall–Kier alpha value is -1.99. The van der Waals surface area contributed by atoms with E-state index in [2.05, 4.69) is 16.1 Å². The van der Waals surface area contributed by atoms with E-state index in [1.165, 1.54) is 25.7 Å². The van der Waals surface area contributed by atoms with Crippen LogP contribution in [0, 0.1) is 11.8 Å². The van der Waals surface area contributed by atoms with E-state index in [0.717, 1.165) is 18.9 Å². The summed E-state index contributed by atoms with van der Waals surface area (Å²) in [6.07, 6.45) is 5.53. The second-order valence-electron chi connectivity index (χ2n) is 7.24. The Morgan fingerprint density at radius 3 is 2.56 bits per heavy atom. The molecule has 1 saturated carbocycles. The Kier molecular flexibility index (Phi) is 7.33. The minimum Gasteiger partial charge on any atom is -0.338 e. The van der Waals surface area contributed by atoms with E-state index in [1.807, 2.05) is 13.8 Å². The molecule has 1 aliphatic heterocycles. The quantitative estimate of drug-likeness (QED) is 0.670. The normalized spacial score (nSPS) is 22.8. The molecule has 1 saturated heterocycles. The van der Waals surface area contributed by atoms with Crippen molar-refractivity contribution in [2.24, 2.45) is 11.8 Å². The maximum absolute atomic E-state index is 12.1. The zero-order valence-corrected chi connectivity index (χ0v) is 15.2. The summed E-state index contributed by atoms with van der Waals surface area (Å²) in [5.41, 5.74) is 2.16. The van der Waals surface area contributed by atoms with Gasteiger partial charge in [0.25, 0.3) is 5.91 Å². The molecule has 2 fully saturated rings. The molecule has 2 aliphatic rings. The molecule has 0 spiro atoms. The largest absolute Gasteiger partial charge is 0.434 e. The Labute approximate surface area is 149 Å². The van der Waals surface area contributed by atoms with E-state index in [4.69, 9.17) is 4.84 Å². The van der Waals surface area contributed by atoms with Gasteiger partial charge < -0.3 is 20.4 Å².